The number of para-hydroxylation sites is 1. The van der Waals surface area contributed by atoms with Crippen molar-refractivity contribution in [2.45, 2.75) is 64.7 Å². The highest BCUT2D eigenvalue weighted by Crippen LogP contribution is 2.19. The number of carbonyl (C=O) groups is 5. The molecule has 0 saturated heterocycles. The van der Waals surface area contributed by atoms with Gasteiger partial charge in [-0.2, -0.15) is 0 Å². The molecule has 0 bridgehead atoms. The van der Waals surface area contributed by atoms with Crippen LogP contribution in [0.4, 0.5) is 0 Å². The van der Waals surface area contributed by atoms with Gasteiger partial charge in [-0.15, -0.1) is 0 Å². The quantitative estimate of drug-likeness (QED) is 0.197. The Morgan fingerprint density at radius 3 is 2.03 bits per heavy atom. The lowest BCUT2D eigenvalue weighted by Crippen LogP contribution is -2.59. The molecule has 0 fully saturated rings. The third-order valence-corrected chi connectivity index (χ3v) is 5.94. The third-order valence-electron chi connectivity index (χ3n) is 5.94. The van der Waals surface area contributed by atoms with Gasteiger partial charge in [0.1, 0.15) is 18.1 Å². The van der Waals surface area contributed by atoms with E-state index in [4.69, 9.17) is 10.8 Å². The number of carboxylic acids is 2. The van der Waals surface area contributed by atoms with Crippen molar-refractivity contribution >= 4 is 40.6 Å². The Kier molecular flexibility index (Phi) is 10.2. The smallest absolute Gasteiger partial charge is 0.326 e. The van der Waals surface area contributed by atoms with Gasteiger partial charge in [0.15, 0.2) is 0 Å². The Morgan fingerprint density at radius 1 is 0.865 bits per heavy atom. The number of rotatable bonds is 13. The van der Waals surface area contributed by atoms with Crippen molar-refractivity contribution in [2.75, 3.05) is 0 Å². The van der Waals surface area contributed by atoms with E-state index in [0.717, 1.165) is 16.5 Å². The van der Waals surface area contributed by atoms with Crippen molar-refractivity contribution in [3.05, 3.63) is 36.0 Å². The normalized spacial score (nSPS) is 14.6. The minimum absolute atomic E-state index is 0.0450. The first-order chi connectivity index (χ1) is 17.3. The highest BCUT2D eigenvalue weighted by molar-refractivity contribution is 5.95. The molecule has 0 saturated carbocycles. The Labute approximate surface area is 214 Å². The van der Waals surface area contributed by atoms with Crippen molar-refractivity contribution in [1.82, 2.24) is 20.9 Å². The number of aromatic amines is 1. The summed E-state index contributed by atoms with van der Waals surface area (Å²) in [5, 5.41) is 26.8. The minimum Gasteiger partial charge on any atom is -0.481 e. The first-order valence-corrected chi connectivity index (χ1v) is 12.0. The maximum atomic E-state index is 13.2. The number of hydrogen-bond acceptors (Lipinski definition) is 6. The SMILES string of the molecule is CC(C)C(NC(=O)C(Cc1c[nH]c2ccccc12)NC(=O)C(NC(=O)C(N)CC(=O)O)C(C)C)C(=O)O. The Balaban J connectivity index is 2.31. The number of fused-ring (bicyclic) bond motifs is 1. The molecule has 0 spiro atoms. The lowest BCUT2D eigenvalue weighted by molar-refractivity contribution is -0.143. The first kappa shape index (κ1) is 29.3. The van der Waals surface area contributed by atoms with Crippen LogP contribution in [-0.2, 0) is 30.4 Å². The van der Waals surface area contributed by atoms with Crippen LogP contribution >= 0.6 is 0 Å². The zero-order valence-corrected chi connectivity index (χ0v) is 21.3. The lowest BCUT2D eigenvalue weighted by atomic mass is 9.99. The molecule has 202 valence electrons. The van der Waals surface area contributed by atoms with E-state index in [1.807, 2.05) is 24.3 Å². The molecule has 0 aliphatic carbocycles. The average molecular weight is 518 g/mol. The molecular formula is C25H35N5O7. The fourth-order valence-electron chi connectivity index (χ4n) is 3.83. The van der Waals surface area contributed by atoms with Crippen molar-refractivity contribution in [3.63, 3.8) is 0 Å². The first-order valence-electron chi connectivity index (χ1n) is 12.0. The number of aromatic nitrogens is 1. The number of benzene rings is 1. The zero-order chi connectivity index (χ0) is 27.9. The van der Waals surface area contributed by atoms with E-state index in [-0.39, 0.29) is 6.42 Å². The lowest BCUT2D eigenvalue weighted by Gasteiger charge is -2.27. The van der Waals surface area contributed by atoms with Crippen molar-refractivity contribution in [2.24, 2.45) is 17.6 Å². The summed E-state index contributed by atoms with van der Waals surface area (Å²) in [6.07, 6.45) is 1.14. The molecule has 1 aromatic heterocycles. The van der Waals surface area contributed by atoms with Crippen LogP contribution < -0.4 is 21.7 Å². The summed E-state index contributed by atoms with van der Waals surface area (Å²) in [7, 11) is 0. The van der Waals surface area contributed by atoms with Gasteiger partial charge < -0.3 is 36.9 Å². The highest BCUT2D eigenvalue weighted by atomic mass is 16.4. The number of carbonyl (C=O) groups excluding carboxylic acids is 3. The van der Waals surface area contributed by atoms with E-state index in [9.17, 15) is 29.1 Å². The van der Waals surface area contributed by atoms with E-state index in [2.05, 4.69) is 20.9 Å². The van der Waals surface area contributed by atoms with Crippen molar-refractivity contribution in [3.8, 4) is 0 Å². The maximum Gasteiger partial charge on any atom is 0.326 e. The second-order valence-electron chi connectivity index (χ2n) is 9.63. The summed E-state index contributed by atoms with van der Waals surface area (Å²) in [6.45, 7) is 6.64. The molecule has 0 aliphatic heterocycles. The van der Waals surface area contributed by atoms with Gasteiger partial charge in [-0.1, -0.05) is 45.9 Å². The molecule has 1 aromatic carbocycles. The minimum atomic E-state index is -1.36. The van der Waals surface area contributed by atoms with Crippen LogP contribution in [-0.4, -0.2) is 69.0 Å². The van der Waals surface area contributed by atoms with Crippen LogP contribution in [0, 0.1) is 11.8 Å². The number of aliphatic carboxylic acids is 2. The van der Waals surface area contributed by atoms with E-state index in [1.165, 1.54) is 0 Å². The molecule has 12 nitrogen and oxygen atoms in total. The maximum absolute atomic E-state index is 13.2. The number of carboxylic acid groups (broad SMARTS) is 2. The molecule has 0 radical (unpaired) electrons. The van der Waals surface area contributed by atoms with Crippen LogP contribution in [0.2, 0.25) is 0 Å². The summed E-state index contributed by atoms with van der Waals surface area (Å²) >= 11 is 0. The molecule has 3 amide bonds. The van der Waals surface area contributed by atoms with E-state index < -0.39 is 72.1 Å². The second-order valence-corrected chi connectivity index (χ2v) is 9.63. The standard InChI is InChI=1S/C25H35N5O7/c1-12(2)20(29-22(33)16(26)10-19(31)32)24(35)28-18(23(34)30-21(13(3)4)25(36)37)9-14-11-27-17-8-6-5-7-15(14)17/h5-8,11-13,16,18,20-21,27H,9-10,26H2,1-4H3,(H,28,35)(H,29,33)(H,30,34)(H,31,32)(H,36,37). The fourth-order valence-corrected chi connectivity index (χ4v) is 3.83. The van der Waals surface area contributed by atoms with Gasteiger partial charge in [0.25, 0.3) is 0 Å². The van der Waals surface area contributed by atoms with Gasteiger partial charge in [-0.25, -0.2) is 4.79 Å². The summed E-state index contributed by atoms with van der Waals surface area (Å²) < 4.78 is 0. The van der Waals surface area contributed by atoms with Gasteiger partial charge in [-0.05, 0) is 23.5 Å². The molecule has 8 N–H and O–H groups in total. The van der Waals surface area contributed by atoms with Crippen LogP contribution in [0.15, 0.2) is 30.5 Å². The number of amides is 3. The van der Waals surface area contributed by atoms with Gasteiger partial charge >= 0.3 is 11.9 Å². The largest absolute Gasteiger partial charge is 0.481 e. The van der Waals surface area contributed by atoms with Crippen molar-refractivity contribution in [1.29, 1.82) is 0 Å². The Bertz CT molecular complexity index is 1140. The molecule has 4 unspecified atom stereocenters. The predicted molar refractivity (Wildman–Crippen MR) is 135 cm³/mol. The van der Waals surface area contributed by atoms with E-state index in [0.29, 0.717) is 0 Å². The third kappa shape index (κ3) is 8.04. The van der Waals surface area contributed by atoms with Crippen LogP contribution in [0.5, 0.6) is 0 Å². The molecule has 4 atom stereocenters. The molecular weight excluding hydrogens is 482 g/mol. The highest BCUT2D eigenvalue weighted by Gasteiger charge is 2.33. The van der Waals surface area contributed by atoms with Crippen LogP contribution in [0.25, 0.3) is 10.9 Å². The molecule has 2 rings (SSSR count). The van der Waals surface area contributed by atoms with Crippen LogP contribution in [0.3, 0.4) is 0 Å². The topological polar surface area (TPSA) is 204 Å². The average Bonchev–Trinajstić information content (AvgIpc) is 3.21. The fraction of sp³-hybridized carbons (Fsp3) is 0.480. The van der Waals surface area contributed by atoms with Gasteiger partial charge in [-0.3, -0.25) is 19.2 Å². The molecule has 1 heterocycles. The zero-order valence-electron chi connectivity index (χ0n) is 21.3. The summed E-state index contributed by atoms with van der Waals surface area (Å²) in [6, 6.07) is 2.56. The summed E-state index contributed by atoms with van der Waals surface area (Å²) in [5.74, 6) is -5.52. The number of nitrogens with one attached hydrogen (secondary N) is 4. The van der Waals surface area contributed by atoms with E-state index in [1.54, 1.807) is 33.9 Å². The van der Waals surface area contributed by atoms with Gasteiger partial charge in [0, 0.05) is 23.5 Å². The summed E-state index contributed by atoms with van der Waals surface area (Å²) in [4.78, 5) is 64.5. The van der Waals surface area contributed by atoms with Crippen LogP contribution in [0.1, 0.15) is 39.7 Å². The van der Waals surface area contributed by atoms with E-state index >= 15 is 0 Å². The summed E-state index contributed by atoms with van der Waals surface area (Å²) in [5.41, 5.74) is 7.17. The molecule has 2 aromatic rings. The monoisotopic (exact) mass is 517 g/mol. The molecule has 12 heteroatoms. The Morgan fingerprint density at radius 2 is 1.46 bits per heavy atom. The number of nitrogens with two attached hydrogens (primary N) is 1. The number of hydrogen-bond donors (Lipinski definition) is 7. The number of H-pyrrole nitrogens is 1. The van der Waals surface area contributed by atoms with Crippen molar-refractivity contribution < 1.29 is 34.2 Å². The Hall–Kier alpha value is -3.93. The second kappa shape index (κ2) is 12.9. The van der Waals surface area contributed by atoms with Gasteiger partial charge in [0.2, 0.25) is 17.7 Å². The molecule has 0 aliphatic rings. The van der Waals surface area contributed by atoms with Gasteiger partial charge in [0.05, 0.1) is 12.5 Å². The predicted octanol–water partition coefficient (Wildman–Crippen LogP) is 0.363. The molecule has 37 heavy (non-hydrogen) atoms.